The van der Waals surface area contributed by atoms with Gasteiger partial charge in [-0.1, -0.05) is 18.2 Å². The van der Waals surface area contributed by atoms with Crippen LogP contribution in [0.5, 0.6) is 0 Å². The second-order valence-electron chi connectivity index (χ2n) is 11.3. The first-order valence-corrected chi connectivity index (χ1v) is 12.9. The number of nitrogens with zero attached hydrogens (tertiary/aromatic N) is 4. The highest BCUT2D eigenvalue weighted by atomic mass is 16.6. The number of carbonyl (C=O) groups excluding carboxylic acids is 3. The second kappa shape index (κ2) is 9.72. The second-order valence-corrected chi connectivity index (χ2v) is 11.3. The molecule has 0 saturated heterocycles. The van der Waals surface area contributed by atoms with E-state index in [2.05, 4.69) is 32.1 Å². The predicted octanol–water partition coefficient (Wildman–Crippen LogP) is 3.96. The fourth-order valence-electron chi connectivity index (χ4n) is 4.68. The van der Waals surface area contributed by atoms with Crippen LogP contribution in [-0.4, -0.2) is 54.9 Å². The van der Waals surface area contributed by atoms with Crippen molar-refractivity contribution in [2.75, 3.05) is 11.9 Å². The quantitative estimate of drug-likeness (QED) is 0.457. The van der Waals surface area contributed by atoms with E-state index < -0.39 is 17.2 Å². The Hall–Kier alpha value is -4.41. The zero-order chi connectivity index (χ0) is 27.9. The summed E-state index contributed by atoms with van der Waals surface area (Å²) in [6, 6.07) is 5.29. The van der Waals surface area contributed by atoms with Gasteiger partial charge in [0.15, 0.2) is 0 Å². The molecule has 39 heavy (non-hydrogen) atoms. The van der Waals surface area contributed by atoms with E-state index in [-0.39, 0.29) is 23.6 Å². The molecule has 3 amide bonds. The Morgan fingerprint density at radius 2 is 2.08 bits per heavy atom. The molecule has 1 unspecified atom stereocenters. The van der Waals surface area contributed by atoms with E-state index in [1.165, 1.54) is 0 Å². The first-order valence-electron chi connectivity index (χ1n) is 12.9. The van der Waals surface area contributed by atoms with Gasteiger partial charge in [0.2, 0.25) is 0 Å². The largest absolute Gasteiger partial charge is 0.444 e. The molecule has 0 bridgehead atoms. The van der Waals surface area contributed by atoms with Crippen molar-refractivity contribution in [1.29, 1.82) is 0 Å². The lowest BCUT2D eigenvalue weighted by molar-refractivity contribution is 0.0484. The average molecular weight is 532 g/mol. The Morgan fingerprint density at radius 1 is 1.28 bits per heavy atom. The van der Waals surface area contributed by atoms with E-state index in [0.29, 0.717) is 36.5 Å². The maximum Gasteiger partial charge on any atom is 0.408 e. The highest BCUT2D eigenvalue weighted by molar-refractivity contribution is 6.04. The third-order valence-electron chi connectivity index (χ3n) is 6.63. The van der Waals surface area contributed by atoms with Crippen LogP contribution in [0.2, 0.25) is 0 Å². The van der Waals surface area contributed by atoms with Crippen molar-refractivity contribution in [3.63, 3.8) is 0 Å². The Labute approximate surface area is 226 Å². The van der Waals surface area contributed by atoms with Gasteiger partial charge in [0.1, 0.15) is 22.6 Å². The molecule has 204 valence electrons. The van der Waals surface area contributed by atoms with Crippen molar-refractivity contribution in [2.45, 2.75) is 64.8 Å². The van der Waals surface area contributed by atoms with Gasteiger partial charge in [-0.25, -0.2) is 9.78 Å². The molecular weight excluding hydrogens is 498 g/mol. The van der Waals surface area contributed by atoms with Gasteiger partial charge in [0.25, 0.3) is 11.8 Å². The standard InChI is InChI=1S/C28H33N7O4/c1-17-13-29-25(37)22-12-19-6-7-21(32-23(19)35(17)22)24(36)31-20-14-30-34(16-20)15-18-8-10-28(5,11-9-18)33-26(38)39-27(2,3)4/h6-10,12,14,16-17H,11,13,15H2,1-5H3,(H,29,37)(H,31,36)(H,33,38)/t17-,28?/m1/s1. The molecule has 11 heteroatoms. The molecular formula is C28H33N7O4. The number of pyridine rings is 1. The first kappa shape index (κ1) is 26.2. The number of nitrogens with one attached hydrogen (secondary N) is 3. The Morgan fingerprint density at radius 3 is 2.79 bits per heavy atom. The third kappa shape index (κ3) is 5.71. The Kier molecular flexibility index (Phi) is 6.53. The summed E-state index contributed by atoms with van der Waals surface area (Å²) in [6.45, 7) is 10.4. The summed E-state index contributed by atoms with van der Waals surface area (Å²) in [5.74, 6) is -0.503. The van der Waals surface area contributed by atoms with Crippen molar-refractivity contribution < 1.29 is 19.1 Å². The van der Waals surface area contributed by atoms with Crippen molar-refractivity contribution in [2.24, 2.45) is 0 Å². The molecule has 4 heterocycles. The summed E-state index contributed by atoms with van der Waals surface area (Å²) in [4.78, 5) is 42.0. The number of anilines is 1. The van der Waals surface area contributed by atoms with Crippen molar-refractivity contribution in [3.05, 3.63) is 65.8 Å². The summed E-state index contributed by atoms with van der Waals surface area (Å²) in [5.41, 5.74) is 1.88. The predicted molar refractivity (Wildman–Crippen MR) is 147 cm³/mol. The van der Waals surface area contributed by atoms with E-state index >= 15 is 0 Å². The topological polar surface area (TPSA) is 132 Å². The number of fused-ring (bicyclic) bond motifs is 3. The molecule has 2 atom stereocenters. The molecule has 0 aromatic carbocycles. The molecule has 2 aliphatic rings. The van der Waals surface area contributed by atoms with Crippen LogP contribution in [0.15, 0.2) is 54.4 Å². The van der Waals surface area contributed by atoms with Crippen LogP contribution in [0, 0.1) is 0 Å². The summed E-state index contributed by atoms with van der Waals surface area (Å²) in [7, 11) is 0. The first-order chi connectivity index (χ1) is 18.4. The SMILES string of the molecule is C[C@@H]1CNC(=O)c2cc3ccc(C(=O)Nc4cnn(CC5=CCC(C)(NC(=O)OC(C)(C)C)C=C5)c4)nc3n21. The van der Waals surface area contributed by atoms with Crippen LogP contribution in [0.1, 0.15) is 68.1 Å². The molecule has 0 radical (unpaired) electrons. The zero-order valence-corrected chi connectivity index (χ0v) is 22.7. The summed E-state index contributed by atoms with van der Waals surface area (Å²) >= 11 is 0. The minimum atomic E-state index is -0.561. The van der Waals surface area contributed by atoms with Gasteiger partial charge >= 0.3 is 6.09 Å². The van der Waals surface area contributed by atoms with Crippen LogP contribution >= 0.6 is 0 Å². The fraction of sp³-hybridized carbons (Fsp3) is 0.393. The number of hydrogen-bond acceptors (Lipinski definition) is 6. The molecule has 3 N–H and O–H groups in total. The Bertz CT molecular complexity index is 1520. The molecule has 3 aromatic rings. The van der Waals surface area contributed by atoms with Crippen LogP contribution in [0.4, 0.5) is 10.5 Å². The molecule has 0 spiro atoms. The molecule has 11 nitrogen and oxygen atoms in total. The lowest BCUT2D eigenvalue weighted by atomic mass is 9.90. The minimum absolute atomic E-state index is 0.0355. The zero-order valence-electron chi connectivity index (χ0n) is 22.7. The van der Waals surface area contributed by atoms with Crippen LogP contribution < -0.4 is 16.0 Å². The molecule has 1 aliphatic heterocycles. The number of carbonyl (C=O) groups is 3. The van der Waals surface area contributed by atoms with E-state index in [9.17, 15) is 14.4 Å². The monoisotopic (exact) mass is 531 g/mol. The molecule has 1 aliphatic carbocycles. The average Bonchev–Trinajstić information content (AvgIpc) is 3.46. The van der Waals surface area contributed by atoms with Gasteiger partial charge in [0, 0.05) is 18.1 Å². The fourth-order valence-corrected chi connectivity index (χ4v) is 4.68. The van der Waals surface area contributed by atoms with Gasteiger partial charge in [-0.05, 0) is 64.8 Å². The minimum Gasteiger partial charge on any atom is -0.444 e. The highest BCUT2D eigenvalue weighted by Crippen LogP contribution is 2.26. The number of hydrogen-bond donors (Lipinski definition) is 3. The molecule has 3 aromatic heterocycles. The number of rotatable bonds is 5. The van der Waals surface area contributed by atoms with Crippen molar-refractivity contribution in [3.8, 4) is 0 Å². The van der Waals surface area contributed by atoms with Gasteiger partial charge in [-0.2, -0.15) is 5.10 Å². The van der Waals surface area contributed by atoms with Crippen molar-refractivity contribution >= 4 is 34.6 Å². The number of amides is 3. The van der Waals surface area contributed by atoms with Crippen LogP contribution in [-0.2, 0) is 11.3 Å². The van der Waals surface area contributed by atoms with Crippen LogP contribution in [0.3, 0.4) is 0 Å². The van der Waals surface area contributed by atoms with Gasteiger partial charge < -0.3 is 25.3 Å². The summed E-state index contributed by atoms with van der Waals surface area (Å²) in [5, 5.41) is 13.8. The van der Waals surface area contributed by atoms with Gasteiger partial charge in [0.05, 0.1) is 30.0 Å². The van der Waals surface area contributed by atoms with Crippen LogP contribution in [0.25, 0.3) is 11.0 Å². The number of alkyl carbamates (subject to hydrolysis) is 1. The number of aromatic nitrogens is 4. The lowest BCUT2D eigenvalue weighted by Crippen LogP contribution is -2.47. The maximum atomic E-state index is 13.0. The number of allylic oxidation sites excluding steroid dienone is 2. The van der Waals surface area contributed by atoms with Gasteiger partial charge in [-0.15, -0.1) is 0 Å². The third-order valence-corrected chi connectivity index (χ3v) is 6.63. The van der Waals surface area contributed by atoms with Gasteiger partial charge in [-0.3, -0.25) is 14.3 Å². The normalized spacial score (nSPS) is 20.7. The van der Waals surface area contributed by atoms with Crippen molar-refractivity contribution in [1.82, 2.24) is 30.0 Å². The molecule has 5 rings (SSSR count). The van der Waals surface area contributed by atoms with E-state index in [1.807, 2.05) is 51.3 Å². The maximum absolute atomic E-state index is 13.0. The highest BCUT2D eigenvalue weighted by Gasteiger charge is 2.28. The summed E-state index contributed by atoms with van der Waals surface area (Å²) in [6.07, 6.45) is 9.46. The summed E-state index contributed by atoms with van der Waals surface area (Å²) < 4.78 is 8.98. The van der Waals surface area contributed by atoms with E-state index in [4.69, 9.17) is 4.74 Å². The molecule has 0 saturated carbocycles. The smallest absolute Gasteiger partial charge is 0.408 e. The Balaban J connectivity index is 1.21. The lowest BCUT2D eigenvalue weighted by Gasteiger charge is -2.30. The van der Waals surface area contributed by atoms with E-state index in [0.717, 1.165) is 11.0 Å². The molecule has 0 fully saturated rings. The van der Waals surface area contributed by atoms with E-state index in [1.54, 1.807) is 35.3 Å². The number of ether oxygens (including phenoxy) is 1.